The third-order valence-electron chi connectivity index (χ3n) is 4.61. The van der Waals surface area contributed by atoms with Crippen LogP contribution in [0, 0.1) is 0 Å². The number of amides is 1. The molecule has 0 aliphatic heterocycles. The second-order valence-electron chi connectivity index (χ2n) is 6.63. The number of nitrogens with zero attached hydrogens (tertiary/aromatic N) is 1. The minimum atomic E-state index is -0.256. The lowest BCUT2D eigenvalue weighted by atomic mass is 10.00. The van der Waals surface area contributed by atoms with E-state index in [9.17, 15) is 4.79 Å². The minimum Gasteiger partial charge on any atom is -0.385 e. The van der Waals surface area contributed by atoms with Crippen molar-refractivity contribution in [1.82, 2.24) is 10.2 Å². The Morgan fingerprint density at radius 3 is 2.56 bits per heavy atom. The van der Waals surface area contributed by atoms with E-state index in [0.717, 1.165) is 35.5 Å². The summed E-state index contributed by atoms with van der Waals surface area (Å²) in [5.74, 6) is -0.312. The molecule has 3 rings (SSSR count). The Labute approximate surface area is 160 Å². The first kappa shape index (κ1) is 18.7. The predicted molar refractivity (Wildman–Crippen MR) is 111 cm³/mol. The summed E-state index contributed by atoms with van der Waals surface area (Å²) >= 11 is 0. The Bertz CT molecular complexity index is 856. The van der Waals surface area contributed by atoms with Gasteiger partial charge in [0, 0.05) is 24.0 Å². The number of nitrogens with one attached hydrogen (secondary N) is 3. The second-order valence-corrected chi connectivity index (χ2v) is 6.63. The van der Waals surface area contributed by atoms with Gasteiger partial charge in [-0.25, -0.2) is 0 Å². The first-order valence-electron chi connectivity index (χ1n) is 9.43. The molecule has 0 fully saturated rings. The van der Waals surface area contributed by atoms with Crippen molar-refractivity contribution in [2.75, 3.05) is 17.2 Å². The van der Waals surface area contributed by atoms with E-state index in [1.54, 1.807) is 6.20 Å². The van der Waals surface area contributed by atoms with E-state index in [2.05, 4.69) is 27.8 Å². The smallest absolute Gasteiger partial charge is 0.231 e. The number of rotatable bonds is 8. The quantitative estimate of drug-likeness (QED) is 0.492. The predicted octanol–water partition coefficient (Wildman–Crippen LogP) is 5.03. The van der Waals surface area contributed by atoms with Crippen LogP contribution < -0.4 is 10.6 Å². The molecule has 0 aliphatic carbocycles. The van der Waals surface area contributed by atoms with Crippen molar-refractivity contribution in [3.8, 4) is 11.3 Å². The van der Waals surface area contributed by atoms with Crippen LogP contribution in [0.25, 0.3) is 11.3 Å². The lowest BCUT2D eigenvalue weighted by Gasteiger charge is -2.14. The van der Waals surface area contributed by atoms with E-state index in [4.69, 9.17) is 0 Å². The van der Waals surface area contributed by atoms with Crippen LogP contribution in [0.5, 0.6) is 0 Å². The van der Waals surface area contributed by atoms with Crippen LogP contribution >= 0.6 is 0 Å². The van der Waals surface area contributed by atoms with Crippen molar-refractivity contribution in [3.05, 3.63) is 66.4 Å². The summed E-state index contributed by atoms with van der Waals surface area (Å²) in [7, 11) is 0. The van der Waals surface area contributed by atoms with Gasteiger partial charge in [0.25, 0.3) is 0 Å². The highest BCUT2D eigenvalue weighted by Crippen LogP contribution is 2.27. The van der Waals surface area contributed by atoms with Crippen molar-refractivity contribution in [2.24, 2.45) is 0 Å². The van der Waals surface area contributed by atoms with E-state index in [-0.39, 0.29) is 11.8 Å². The third-order valence-corrected chi connectivity index (χ3v) is 4.61. The molecule has 5 heteroatoms. The number of aromatic amines is 1. The third kappa shape index (κ3) is 4.76. The molecule has 0 bridgehead atoms. The Hall–Kier alpha value is -3.08. The zero-order valence-electron chi connectivity index (χ0n) is 15.8. The molecule has 27 heavy (non-hydrogen) atoms. The van der Waals surface area contributed by atoms with E-state index in [1.165, 1.54) is 6.42 Å². The summed E-state index contributed by atoms with van der Waals surface area (Å²) in [5.41, 5.74) is 4.46. The van der Waals surface area contributed by atoms with Crippen molar-refractivity contribution in [1.29, 1.82) is 0 Å². The van der Waals surface area contributed by atoms with Gasteiger partial charge < -0.3 is 10.6 Å². The summed E-state index contributed by atoms with van der Waals surface area (Å²) in [6.07, 6.45) is 4.03. The van der Waals surface area contributed by atoms with Gasteiger partial charge in [0.15, 0.2) is 0 Å². The maximum atomic E-state index is 12.7. The summed E-state index contributed by atoms with van der Waals surface area (Å²) in [6.45, 7) is 5.06. The van der Waals surface area contributed by atoms with Crippen molar-refractivity contribution < 1.29 is 4.79 Å². The number of aromatic nitrogens is 2. The molecular formula is C22H26N4O. The van der Waals surface area contributed by atoms with E-state index in [0.29, 0.717) is 5.69 Å². The summed E-state index contributed by atoms with van der Waals surface area (Å²) in [5, 5.41) is 13.5. The maximum Gasteiger partial charge on any atom is 0.231 e. The summed E-state index contributed by atoms with van der Waals surface area (Å²) in [4.78, 5) is 12.7. The fourth-order valence-electron chi connectivity index (χ4n) is 2.89. The van der Waals surface area contributed by atoms with Gasteiger partial charge in [-0.2, -0.15) is 5.10 Å². The summed E-state index contributed by atoms with van der Waals surface area (Å²) in [6, 6.07) is 17.9. The van der Waals surface area contributed by atoms with Crippen LogP contribution in [0.3, 0.4) is 0 Å². The number of hydrogen-bond acceptors (Lipinski definition) is 3. The topological polar surface area (TPSA) is 69.8 Å². The molecule has 1 unspecified atom stereocenters. The second kappa shape index (κ2) is 9.03. The number of benzene rings is 2. The molecule has 1 heterocycles. The molecule has 0 radical (unpaired) electrons. The van der Waals surface area contributed by atoms with Crippen molar-refractivity contribution >= 4 is 17.3 Å². The molecule has 0 saturated carbocycles. The minimum absolute atomic E-state index is 0.0553. The summed E-state index contributed by atoms with van der Waals surface area (Å²) < 4.78 is 0. The average Bonchev–Trinajstić information content (AvgIpc) is 3.17. The monoisotopic (exact) mass is 362 g/mol. The van der Waals surface area contributed by atoms with Crippen LogP contribution in [-0.4, -0.2) is 22.6 Å². The molecule has 0 spiro atoms. The molecule has 1 atom stereocenters. The normalized spacial score (nSPS) is 11.8. The van der Waals surface area contributed by atoms with Gasteiger partial charge in [-0.05, 0) is 31.0 Å². The van der Waals surface area contributed by atoms with E-state index in [1.807, 2.05) is 61.5 Å². The molecule has 3 N–H and O–H groups in total. The number of carbonyl (C=O) groups excluding carboxylic acids is 1. The van der Waals surface area contributed by atoms with Crippen LogP contribution in [0.1, 0.15) is 38.2 Å². The first-order chi connectivity index (χ1) is 13.2. The van der Waals surface area contributed by atoms with Gasteiger partial charge in [-0.15, -0.1) is 0 Å². The van der Waals surface area contributed by atoms with E-state index >= 15 is 0 Å². The van der Waals surface area contributed by atoms with E-state index < -0.39 is 0 Å². The molecule has 0 saturated heterocycles. The Morgan fingerprint density at radius 1 is 1.11 bits per heavy atom. The highest BCUT2D eigenvalue weighted by Gasteiger charge is 2.18. The molecule has 5 nitrogen and oxygen atoms in total. The largest absolute Gasteiger partial charge is 0.385 e. The van der Waals surface area contributed by atoms with Crippen molar-refractivity contribution in [3.63, 3.8) is 0 Å². The molecule has 1 aromatic heterocycles. The Balaban J connectivity index is 1.66. The van der Waals surface area contributed by atoms with Crippen molar-refractivity contribution in [2.45, 2.75) is 32.6 Å². The van der Waals surface area contributed by atoms with Gasteiger partial charge in [0.2, 0.25) is 5.91 Å². The molecule has 140 valence electrons. The Kier molecular flexibility index (Phi) is 6.26. The van der Waals surface area contributed by atoms with Crippen LogP contribution in [0.15, 0.2) is 60.8 Å². The fourth-order valence-corrected chi connectivity index (χ4v) is 2.89. The van der Waals surface area contributed by atoms with Crippen LogP contribution in [0.4, 0.5) is 11.4 Å². The standard InChI is InChI=1S/C22H26N4O/c1-3-4-14-23-19-12-10-17(11-13-19)16(2)22(27)25-20-15-24-26-21(20)18-8-6-5-7-9-18/h5-13,15-16,23H,3-4,14H2,1-2H3,(H,24,26)(H,25,27). The Morgan fingerprint density at radius 2 is 1.85 bits per heavy atom. The average molecular weight is 362 g/mol. The van der Waals surface area contributed by atoms with Crippen LogP contribution in [0.2, 0.25) is 0 Å². The van der Waals surface area contributed by atoms with Gasteiger partial charge in [-0.1, -0.05) is 55.8 Å². The fraction of sp³-hybridized carbons (Fsp3) is 0.273. The molecular weight excluding hydrogens is 336 g/mol. The lowest BCUT2D eigenvalue weighted by Crippen LogP contribution is -2.19. The number of carbonyl (C=O) groups is 1. The SMILES string of the molecule is CCCCNc1ccc(C(C)C(=O)Nc2c[nH]nc2-c2ccccc2)cc1. The lowest BCUT2D eigenvalue weighted by molar-refractivity contribution is -0.117. The number of anilines is 2. The molecule has 1 amide bonds. The van der Waals surface area contributed by atoms with Gasteiger partial charge in [0.05, 0.1) is 11.6 Å². The molecule has 0 aliphatic rings. The number of H-pyrrole nitrogens is 1. The number of unbranched alkanes of at least 4 members (excludes halogenated alkanes) is 1. The number of hydrogen-bond donors (Lipinski definition) is 3. The van der Waals surface area contributed by atoms with Gasteiger partial charge >= 0.3 is 0 Å². The van der Waals surface area contributed by atoms with Crippen LogP contribution in [-0.2, 0) is 4.79 Å². The zero-order chi connectivity index (χ0) is 19.1. The van der Waals surface area contributed by atoms with Gasteiger partial charge in [0.1, 0.15) is 5.69 Å². The maximum absolute atomic E-state index is 12.7. The molecule has 2 aromatic carbocycles. The highest BCUT2D eigenvalue weighted by atomic mass is 16.1. The first-order valence-corrected chi connectivity index (χ1v) is 9.43. The van der Waals surface area contributed by atoms with Gasteiger partial charge in [-0.3, -0.25) is 9.89 Å². The molecule has 3 aromatic rings. The highest BCUT2D eigenvalue weighted by molar-refractivity contribution is 5.98. The zero-order valence-corrected chi connectivity index (χ0v) is 15.8.